The molecule has 0 radical (unpaired) electrons. The first-order valence-electron chi connectivity index (χ1n) is 10.5. The summed E-state index contributed by atoms with van der Waals surface area (Å²) in [5, 5.41) is 8.85. The maximum absolute atomic E-state index is 13.0. The summed E-state index contributed by atoms with van der Waals surface area (Å²) in [6.45, 7) is 0. The number of fused-ring (bicyclic) bond motifs is 2. The van der Waals surface area contributed by atoms with Crippen LogP contribution >= 0.6 is 22.6 Å². The largest absolute Gasteiger partial charge is 0.349 e. The lowest BCUT2D eigenvalue weighted by Gasteiger charge is -2.26. The van der Waals surface area contributed by atoms with E-state index in [0.717, 1.165) is 46.7 Å². The van der Waals surface area contributed by atoms with E-state index < -0.39 is 0 Å². The van der Waals surface area contributed by atoms with Crippen molar-refractivity contribution >= 4 is 50.6 Å². The summed E-state index contributed by atoms with van der Waals surface area (Å²) in [6, 6.07) is 6.74. The maximum Gasteiger partial charge on any atom is 0.255 e. The summed E-state index contributed by atoms with van der Waals surface area (Å²) < 4.78 is 2.81. The van der Waals surface area contributed by atoms with Crippen molar-refractivity contribution in [1.29, 1.82) is 0 Å². The van der Waals surface area contributed by atoms with E-state index in [0.29, 0.717) is 22.4 Å². The van der Waals surface area contributed by atoms with Gasteiger partial charge in [-0.2, -0.15) is 5.10 Å². The van der Waals surface area contributed by atoms with Gasteiger partial charge in [0.2, 0.25) is 0 Å². The lowest BCUT2D eigenvalue weighted by atomic mass is 9.92. The first kappa shape index (κ1) is 20.4. The molecule has 5 rings (SSSR count). The van der Waals surface area contributed by atoms with Gasteiger partial charge < -0.3 is 16.0 Å². The van der Waals surface area contributed by atoms with Gasteiger partial charge in [0.1, 0.15) is 16.9 Å². The van der Waals surface area contributed by atoms with Gasteiger partial charge in [0, 0.05) is 35.1 Å². The topological polar surface area (TPSA) is 115 Å². The van der Waals surface area contributed by atoms with Crippen LogP contribution in [0.4, 0.5) is 0 Å². The standard InChI is InChI=1S/C22H24IN7O/c1-30-18-8-12(9-23)2-7-15(18)19(29-30)17-11-26-21-20(28-17)16(10-25-21)22(31)27-14-5-3-13(24)4-6-14/h2,7-8,10-11,13-14H,3-6,9,24H2,1H3,(H,25,26)(H,27,31). The highest BCUT2D eigenvalue weighted by atomic mass is 127. The molecule has 0 aliphatic heterocycles. The molecule has 1 fully saturated rings. The number of nitrogens with two attached hydrogens (primary N) is 1. The van der Waals surface area contributed by atoms with Crippen LogP contribution in [0.5, 0.6) is 0 Å². The van der Waals surface area contributed by atoms with E-state index in [4.69, 9.17) is 15.8 Å². The van der Waals surface area contributed by atoms with Crippen LogP contribution in [0.2, 0.25) is 0 Å². The van der Waals surface area contributed by atoms with Gasteiger partial charge in [0.05, 0.1) is 17.3 Å². The number of hydrogen-bond donors (Lipinski definition) is 3. The molecule has 1 aliphatic carbocycles. The predicted molar refractivity (Wildman–Crippen MR) is 129 cm³/mol. The summed E-state index contributed by atoms with van der Waals surface area (Å²) >= 11 is 2.36. The molecule has 1 aromatic carbocycles. The zero-order chi connectivity index (χ0) is 21.5. The number of alkyl halides is 1. The SMILES string of the molecule is Cn1nc(-c2cnc3[nH]cc(C(=O)NC4CCC(N)CC4)c3n2)c2ccc(CI)cc21. The molecule has 0 saturated heterocycles. The number of aromatic nitrogens is 5. The maximum atomic E-state index is 13.0. The molecular formula is C22H24IN7O. The number of H-pyrrole nitrogens is 1. The molecule has 0 atom stereocenters. The Balaban J connectivity index is 1.49. The molecule has 4 N–H and O–H groups in total. The van der Waals surface area contributed by atoms with Gasteiger partial charge in [-0.3, -0.25) is 9.48 Å². The van der Waals surface area contributed by atoms with Crippen molar-refractivity contribution in [1.82, 2.24) is 30.0 Å². The Hall–Kier alpha value is -2.53. The molecule has 3 aromatic heterocycles. The molecule has 0 unspecified atom stereocenters. The normalized spacial score (nSPS) is 19.2. The van der Waals surface area contributed by atoms with Crippen LogP contribution in [0.25, 0.3) is 33.5 Å². The first-order chi connectivity index (χ1) is 15.0. The Kier molecular flexibility index (Phi) is 5.39. The molecule has 0 bridgehead atoms. The third-order valence-electron chi connectivity index (χ3n) is 6.05. The van der Waals surface area contributed by atoms with E-state index in [1.807, 2.05) is 11.7 Å². The number of carbonyl (C=O) groups excluding carboxylic acids is 1. The van der Waals surface area contributed by atoms with E-state index >= 15 is 0 Å². The minimum absolute atomic E-state index is 0.129. The molecule has 1 amide bonds. The van der Waals surface area contributed by atoms with Crippen LogP contribution in [0, 0.1) is 0 Å². The van der Waals surface area contributed by atoms with E-state index in [2.05, 4.69) is 56.1 Å². The number of aromatic amines is 1. The van der Waals surface area contributed by atoms with Gasteiger partial charge in [-0.25, -0.2) is 9.97 Å². The second-order valence-corrected chi connectivity index (χ2v) is 8.96. The number of amides is 1. The van der Waals surface area contributed by atoms with Crippen molar-refractivity contribution in [3.8, 4) is 11.4 Å². The Morgan fingerprint density at radius 2 is 2.13 bits per heavy atom. The van der Waals surface area contributed by atoms with Gasteiger partial charge in [-0.1, -0.05) is 34.7 Å². The molecule has 4 aromatic rings. The predicted octanol–water partition coefficient (Wildman–Crippen LogP) is 3.45. The van der Waals surface area contributed by atoms with Crippen molar-refractivity contribution in [3.05, 3.63) is 41.7 Å². The number of carbonyl (C=O) groups is 1. The third-order valence-corrected chi connectivity index (χ3v) is 6.93. The lowest BCUT2D eigenvalue weighted by molar-refractivity contribution is 0.0927. The molecule has 8 nitrogen and oxygen atoms in total. The first-order valence-corrected chi connectivity index (χ1v) is 12.0. The number of aryl methyl sites for hydroxylation is 1. The van der Waals surface area contributed by atoms with E-state index in [1.165, 1.54) is 5.56 Å². The van der Waals surface area contributed by atoms with Gasteiger partial charge in [-0.05, 0) is 37.3 Å². The average molecular weight is 529 g/mol. The zero-order valence-corrected chi connectivity index (χ0v) is 19.4. The van der Waals surface area contributed by atoms with Crippen LogP contribution in [-0.2, 0) is 11.5 Å². The monoisotopic (exact) mass is 529 g/mol. The Morgan fingerprint density at radius 1 is 1.32 bits per heavy atom. The number of halogens is 1. The van der Waals surface area contributed by atoms with Gasteiger partial charge in [0.15, 0.2) is 5.65 Å². The Bertz CT molecular complexity index is 1270. The second-order valence-electron chi connectivity index (χ2n) is 8.20. The summed E-state index contributed by atoms with van der Waals surface area (Å²) in [5.41, 5.74) is 11.4. The molecule has 1 saturated carbocycles. The molecule has 0 spiro atoms. The second kappa shape index (κ2) is 8.19. The summed E-state index contributed by atoms with van der Waals surface area (Å²) in [5.74, 6) is -0.129. The Labute approximate surface area is 193 Å². The van der Waals surface area contributed by atoms with Gasteiger partial charge >= 0.3 is 0 Å². The van der Waals surface area contributed by atoms with Crippen LogP contribution < -0.4 is 11.1 Å². The molecule has 3 heterocycles. The fourth-order valence-corrected chi connectivity index (χ4v) is 4.75. The lowest BCUT2D eigenvalue weighted by Crippen LogP contribution is -2.40. The van der Waals surface area contributed by atoms with Crippen LogP contribution in [0.1, 0.15) is 41.6 Å². The van der Waals surface area contributed by atoms with E-state index in [-0.39, 0.29) is 18.0 Å². The third kappa shape index (κ3) is 3.80. The molecule has 1 aliphatic rings. The zero-order valence-electron chi connectivity index (χ0n) is 17.2. The van der Waals surface area contributed by atoms with E-state index in [9.17, 15) is 4.79 Å². The summed E-state index contributed by atoms with van der Waals surface area (Å²) in [6.07, 6.45) is 7.08. The number of benzene rings is 1. The van der Waals surface area contributed by atoms with Gasteiger partial charge in [-0.15, -0.1) is 0 Å². The molecular weight excluding hydrogens is 505 g/mol. The number of hydrogen-bond acceptors (Lipinski definition) is 5. The Morgan fingerprint density at radius 3 is 2.90 bits per heavy atom. The van der Waals surface area contributed by atoms with Crippen molar-refractivity contribution in [2.24, 2.45) is 12.8 Å². The summed E-state index contributed by atoms with van der Waals surface area (Å²) in [7, 11) is 1.93. The summed E-state index contributed by atoms with van der Waals surface area (Å²) in [4.78, 5) is 25.3. The van der Waals surface area contributed by atoms with Crippen molar-refractivity contribution < 1.29 is 4.79 Å². The van der Waals surface area contributed by atoms with Crippen LogP contribution in [-0.4, -0.2) is 42.7 Å². The number of rotatable bonds is 4. The van der Waals surface area contributed by atoms with Gasteiger partial charge in [0.25, 0.3) is 5.91 Å². The van der Waals surface area contributed by atoms with Crippen molar-refractivity contribution in [2.45, 2.75) is 42.2 Å². The fourth-order valence-electron chi connectivity index (χ4n) is 4.28. The van der Waals surface area contributed by atoms with E-state index in [1.54, 1.807) is 12.4 Å². The quantitative estimate of drug-likeness (QED) is 0.277. The van der Waals surface area contributed by atoms with Crippen LogP contribution in [0.3, 0.4) is 0 Å². The minimum Gasteiger partial charge on any atom is -0.349 e. The fraction of sp³-hybridized carbons (Fsp3) is 0.364. The highest BCUT2D eigenvalue weighted by Gasteiger charge is 2.23. The van der Waals surface area contributed by atoms with Crippen molar-refractivity contribution in [3.63, 3.8) is 0 Å². The highest BCUT2D eigenvalue weighted by Crippen LogP contribution is 2.29. The highest BCUT2D eigenvalue weighted by molar-refractivity contribution is 14.1. The average Bonchev–Trinajstić information content (AvgIpc) is 3.35. The molecule has 160 valence electrons. The molecule has 9 heteroatoms. The number of nitrogens with one attached hydrogen (secondary N) is 2. The number of nitrogens with zero attached hydrogens (tertiary/aromatic N) is 4. The molecule has 31 heavy (non-hydrogen) atoms. The van der Waals surface area contributed by atoms with Crippen molar-refractivity contribution in [2.75, 3.05) is 0 Å². The minimum atomic E-state index is -0.129. The smallest absolute Gasteiger partial charge is 0.255 e. The van der Waals surface area contributed by atoms with Crippen LogP contribution in [0.15, 0.2) is 30.6 Å².